The van der Waals surface area contributed by atoms with E-state index in [1.54, 1.807) is 14.1 Å². The van der Waals surface area contributed by atoms with Crippen molar-refractivity contribution in [2.45, 2.75) is 46.1 Å². The van der Waals surface area contributed by atoms with Crippen molar-refractivity contribution in [3.8, 4) is 0 Å². The summed E-state index contributed by atoms with van der Waals surface area (Å²) in [5.41, 5.74) is -0.456. The van der Waals surface area contributed by atoms with E-state index >= 15 is 0 Å². The van der Waals surface area contributed by atoms with Gasteiger partial charge in [0.25, 0.3) is 0 Å². The van der Waals surface area contributed by atoms with Gasteiger partial charge in [-0.1, -0.05) is 6.92 Å². The lowest BCUT2D eigenvalue weighted by atomic mass is 10.0. The second-order valence-electron chi connectivity index (χ2n) is 5.39. The highest BCUT2D eigenvalue weighted by molar-refractivity contribution is 5.77. The van der Waals surface area contributed by atoms with E-state index in [2.05, 4.69) is 0 Å². The molecule has 0 aromatic carbocycles. The van der Waals surface area contributed by atoms with E-state index in [1.165, 1.54) is 4.90 Å². The molecule has 0 aliphatic rings. The van der Waals surface area contributed by atoms with Crippen LogP contribution in [-0.2, 0) is 14.3 Å². The number of esters is 1. The number of ether oxygens (including phenoxy) is 1. The zero-order valence-corrected chi connectivity index (χ0v) is 11.2. The summed E-state index contributed by atoms with van der Waals surface area (Å²) in [6.07, 6.45) is 0.670. The summed E-state index contributed by atoms with van der Waals surface area (Å²) < 4.78 is 5.19. The first kappa shape index (κ1) is 14.9. The Morgan fingerprint density at radius 3 is 2.06 bits per heavy atom. The second-order valence-corrected chi connectivity index (χ2v) is 5.39. The smallest absolute Gasteiger partial charge is 0.306 e. The monoisotopic (exact) mass is 229 g/mol. The zero-order valence-electron chi connectivity index (χ0n) is 11.2. The summed E-state index contributed by atoms with van der Waals surface area (Å²) in [5, 5.41) is 0. The SMILES string of the molecule is C[C@H](CC(=O)OC(C)(C)C)CC(=O)N(C)C. The van der Waals surface area contributed by atoms with Gasteiger partial charge < -0.3 is 9.64 Å². The molecule has 0 aromatic rings. The van der Waals surface area contributed by atoms with Crippen LogP contribution in [0, 0.1) is 5.92 Å². The van der Waals surface area contributed by atoms with Crippen molar-refractivity contribution in [3.05, 3.63) is 0 Å². The average Bonchev–Trinajstić information content (AvgIpc) is 1.98. The molecule has 16 heavy (non-hydrogen) atoms. The van der Waals surface area contributed by atoms with E-state index < -0.39 is 5.60 Å². The minimum absolute atomic E-state index is 0.0183. The molecule has 0 heterocycles. The summed E-state index contributed by atoms with van der Waals surface area (Å²) in [5.74, 6) is -0.188. The van der Waals surface area contributed by atoms with Crippen molar-refractivity contribution < 1.29 is 14.3 Å². The highest BCUT2D eigenvalue weighted by Gasteiger charge is 2.20. The summed E-state index contributed by atoms with van der Waals surface area (Å²) in [4.78, 5) is 24.4. The van der Waals surface area contributed by atoms with Gasteiger partial charge in [-0.15, -0.1) is 0 Å². The molecule has 94 valence electrons. The van der Waals surface area contributed by atoms with Gasteiger partial charge >= 0.3 is 5.97 Å². The Morgan fingerprint density at radius 2 is 1.69 bits per heavy atom. The fraction of sp³-hybridized carbons (Fsp3) is 0.833. The van der Waals surface area contributed by atoms with E-state index in [1.807, 2.05) is 27.7 Å². The molecule has 0 aliphatic heterocycles. The molecule has 0 spiro atoms. The molecule has 0 fully saturated rings. The van der Waals surface area contributed by atoms with Crippen LogP contribution in [0.5, 0.6) is 0 Å². The summed E-state index contributed by atoms with van der Waals surface area (Å²) in [7, 11) is 3.42. The van der Waals surface area contributed by atoms with Gasteiger partial charge in [-0.05, 0) is 26.7 Å². The second kappa shape index (κ2) is 5.87. The zero-order chi connectivity index (χ0) is 12.9. The number of carbonyl (C=O) groups excluding carboxylic acids is 2. The lowest BCUT2D eigenvalue weighted by molar-refractivity contribution is -0.155. The molecular weight excluding hydrogens is 206 g/mol. The lowest BCUT2D eigenvalue weighted by Crippen LogP contribution is -2.27. The number of rotatable bonds is 4. The van der Waals surface area contributed by atoms with Gasteiger partial charge in [-0.3, -0.25) is 9.59 Å². The van der Waals surface area contributed by atoms with Crippen LogP contribution in [0.3, 0.4) is 0 Å². The molecule has 0 saturated heterocycles. The molecule has 0 saturated carbocycles. The standard InChI is InChI=1S/C12H23NO3/c1-9(7-10(14)13(5)6)8-11(15)16-12(2,3)4/h9H,7-8H2,1-6H3/t9-/m0/s1. The molecule has 1 amide bonds. The highest BCUT2D eigenvalue weighted by atomic mass is 16.6. The average molecular weight is 229 g/mol. The molecule has 0 aromatic heterocycles. The maximum absolute atomic E-state index is 11.5. The van der Waals surface area contributed by atoms with Crippen molar-refractivity contribution in [1.82, 2.24) is 4.90 Å². The number of hydrogen-bond donors (Lipinski definition) is 0. The quantitative estimate of drug-likeness (QED) is 0.691. The Balaban J connectivity index is 4.01. The topological polar surface area (TPSA) is 46.6 Å². The summed E-state index contributed by atoms with van der Waals surface area (Å²) >= 11 is 0. The molecule has 1 atom stereocenters. The molecule has 4 heteroatoms. The predicted octanol–water partition coefficient (Wildman–Crippen LogP) is 1.83. The Labute approximate surface area is 98.0 Å². The molecule has 4 nitrogen and oxygen atoms in total. The van der Waals surface area contributed by atoms with Crippen molar-refractivity contribution in [3.63, 3.8) is 0 Å². The molecule has 0 N–H and O–H groups in total. The van der Waals surface area contributed by atoms with Crippen LogP contribution in [0.25, 0.3) is 0 Å². The van der Waals surface area contributed by atoms with Crippen LogP contribution in [0.1, 0.15) is 40.5 Å². The fourth-order valence-corrected chi connectivity index (χ4v) is 1.22. The number of hydrogen-bond acceptors (Lipinski definition) is 3. The first-order valence-electron chi connectivity index (χ1n) is 5.54. The molecule has 0 unspecified atom stereocenters. The number of carbonyl (C=O) groups is 2. The third-order valence-corrected chi connectivity index (χ3v) is 1.96. The van der Waals surface area contributed by atoms with Gasteiger partial charge in [0.05, 0.1) is 0 Å². The van der Waals surface area contributed by atoms with Crippen molar-refractivity contribution in [1.29, 1.82) is 0 Å². The van der Waals surface area contributed by atoms with Gasteiger partial charge in [0, 0.05) is 26.9 Å². The lowest BCUT2D eigenvalue weighted by Gasteiger charge is -2.21. The van der Waals surface area contributed by atoms with E-state index in [-0.39, 0.29) is 24.2 Å². The molecule has 0 radical (unpaired) electrons. The third-order valence-electron chi connectivity index (χ3n) is 1.96. The largest absolute Gasteiger partial charge is 0.460 e. The first-order valence-corrected chi connectivity index (χ1v) is 5.54. The highest BCUT2D eigenvalue weighted by Crippen LogP contribution is 2.14. The normalized spacial score (nSPS) is 13.1. The first-order chi connectivity index (χ1) is 7.11. The third kappa shape index (κ3) is 7.26. The Kier molecular flexibility index (Phi) is 5.48. The fourth-order valence-electron chi connectivity index (χ4n) is 1.22. The predicted molar refractivity (Wildman–Crippen MR) is 62.9 cm³/mol. The molecule has 0 bridgehead atoms. The van der Waals surface area contributed by atoms with Crippen LogP contribution in [0.15, 0.2) is 0 Å². The van der Waals surface area contributed by atoms with E-state index in [4.69, 9.17) is 4.74 Å². The van der Waals surface area contributed by atoms with Gasteiger partial charge in [-0.2, -0.15) is 0 Å². The van der Waals surface area contributed by atoms with Crippen molar-refractivity contribution >= 4 is 11.9 Å². The van der Waals surface area contributed by atoms with Crippen molar-refractivity contribution in [2.75, 3.05) is 14.1 Å². The van der Waals surface area contributed by atoms with Gasteiger partial charge in [0.1, 0.15) is 5.60 Å². The minimum atomic E-state index is -0.456. The number of nitrogens with zero attached hydrogens (tertiary/aromatic N) is 1. The summed E-state index contributed by atoms with van der Waals surface area (Å²) in [6, 6.07) is 0. The van der Waals surface area contributed by atoms with E-state index in [9.17, 15) is 9.59 Å². The minimum Gasteiger partial charge on any atom is -0.460 e. The maximum atomic E-state index is 11.5. The van der Waals surface area contributed by atoms with Crippen LogP contribution in [0.2, 0.25) is 0 Å². The van der Waals surface area contributed by atoms with Crippen LogP contribution in [-0.4, -0.2) is 36.5 Å². The van der Waals surface area contributed by atoms with Crippen molar-refractivity contribution in [2.24, 2.45) is 5.92 Å². The number of amides is 1. The van der Waals surface area contributed by atoms with E-state index in [0.717, 1.165) is 0 Å². The molecular formula is C12H23NO3. The van der Waals surface area contributed by atoms with Gasteiger partial charge in [0.2, 0.25) is 5.91 Å². The van der Waals surface area contributed by atoms with E-state index in [0.29, 0.717) is 6.42 Å². The Hall–Kier alpha value is -1.06. The van der Waals surface area contributed by atoms with Crippen LogP contribution >= 0.6 is 0 Å². The Morgan fingerprint density at radius 1 is 1.19 bits per heavy atom. The van der Waals surface area contributed by atoms with Crippen LogP contribution < -0.4 is 0 Å². The van der Waals surface area contributed by atoms with Gasteiger partial charge in [0.15, 0.2) is 0 Å². The van der Waals surface area contributed by atoms with Crippen LogP contribution in [0.4, 0.5) is 0 Å². The maximum Gasteiger partial charge on any atom is 0.306 e. The molecule has 0 aliphatic carbocycles. The Bertz CT molecular complexity index is 253. The molecule has 0 rings (SSSR count). The van der Waals surface area contributed by atoms with Gasteiger partial charge in [-0.25, -0.2) is 0 Å². The summed E-state index contributed by atoms with van der Waals surface area (Å²) in [6.45, 7) is 7.38.